The predicted octanol–water partition coefficient (Wildman–Crippen LogP) is 5.01. The molecule has 0 saturated carbocycles. The van der Waals surface area contributed by atoms with Gasteiger partial charge in [-0.05, 0) is 36.1 Å². The quantitative estimate of drug-likeness (QED) is 0.248. The molecular weight excluding hydrogens is 400 g/mol. The van der Waals surface area contributed by atoms with E-state index >= 15 is 0 Å². The van der Waals surface area contributed by atoms with Crippen LogP contribution in [0.15, 0.2) is 88.6 Å². The third-order valence-electron chi connectivity index (χ3n) is 4.10. The molecule has 1 amide bonds. The molecule has 0 spiro atoms. The van der Waals surface area contributed by atoms with Crippen molar-refractivity contribution in [1.82, 2.24) is 15.4 Å². The van der Waals surface area contributed by atoms with Crippen molar-refractivity contribution < 1.29 is 13.9 Å². The molecular formula is C22H18N4O3S. The highest BCUT2D eigenvalue weighted by molar-refractivity contribution is 7.98. The van der Waals surface area contributed by atoms with Crippen LogP contribution in [0.2, 0.25) is 0 Å². The molecule has 8 heteroatoms. The zero-order valence-corrected chi connectivity index (χ0v) is 16.8. The minimum atomic E-state index is -0.422. The Morgan fingerprint density at radius 3 is 2.37 bits per heavy atom. The number of carbonyl (C=O) groups is 1. The van der Waals surface area contributed by atoms with Crippen LogP contribution in [-0.4, -0.2) is 22.1 Å². The molecule has 0 saturated heterocycles. The van der Waals surface area contributed by atoms with Crippen molar-refractivity contribution in [1.29, 1.82) is 0 Å². The summed E-state index contributed by atoms with van der Waals surface area (Å²) in [5, 5.41) is 0.496. The van der Waals surface area contributed by atoms with E-state index in [1.165, 1.54) is 18.0 Å². The Bertz CT molecular complexity index is 1120. The highest BCUT2D eigenvalue weighted by Crippen LogP contribution is 2.37. The van der Waals surface area contributed by atoms with Gasteiger partial charge in [-0.2, -0.15) is 4.98 Å². The van der Waals surface area contributed by atoms with Crippen LogP contribution in [-0.2, 0) is 0 Å². The highest BCUT2D eigenvalue weighted by Gasteiger charge is 2.19. The normalized spacial score (nSPS) is 10.4. The molecule has 2 heterocycles. The van der Waals surface area contributed by atoms with Crippen molar-refractivity contribution in [3.05, 3.63) is 84.8 Å². The molecule has 0 unspecified atom stereocenters. The summed E-state index contributed by atoms with van der Waals surface area (Å²) in [6.07, 6.45) is 3.31. The number of amides is 1. The number of furan rings is 1. The van der Waals surface area contributed by atoms with Gasteiger partial charge in [0.15, 0.2) is 16.7 Å². The van der Waals surface area contributed by atoms with E-state index in [0.29, 0.717) is 28.2 Å². The second kappa shape index (κ2) is 9.15. The van der Waals surface area contributed by atoms with E-state index < -0.39 is 5.91 Å². The van der Waals surface area contributed by atoms with Gasteiger partial charge in [-0.1, -0.05) is 60.3 Å². The minimum Gasteiger partial charge on any atom is -0.459 e. The summed E-state index contributed by atoms with van der Waals surface area (Å²) in [4.78, 5) is 21.4. The predicted molar refractivity (Wildman–Crippen MR) is 116 cm³/mol. The van der Waals surface area contributed by atoms with Gasteiger partial charge in [-0.15, -0.1) is 0 Å². The molecule has 2 aromatic carbocycles. The summed E-state index contributed by atoms with van der Waals surface area (Å²) in [5.41, 5.74) is 6.97. The Hall–Kier alpha value is -3.78. The van der Waals surface area contributed by atoms with E-state index in [-0.39, 0.29) is 5.76 Å². The fraction of sp³-hybridized carbons (Fsp3) is 0.0455. The van der Waals surface area contributed by atoms with Crippen LogP contribution in [0.1, 0.15) is 10.6 Å². The first-order chi connectivity index (χ1) is 14.7. The maximum Gasteiger partial charge on any atom is 0.305 e. The zero-order valence-electron chi connectivity index (χ0n) is 16.0. The number of hydrogen-bond donors (Lipinski definition) is 2. The van der Waals surface area contributed by atoms with E-state index in [0.717, 1.165) is 5.56 Å². The second-order valence-corrected chi connectivity index (χ2v) is 6.85. The number of thioether (sulfide) groups is 1. The van der Waals surface area contributed by atoms with Crippen LogP contribution in [0.3, 0.4) is 0 Å². The van der Waals surface area contributed by atoms with Gasteiger partial charge < -0.3 is 9.15 Å². The smallest absolute Gasteiger partial charge is 0.305 e. The Kier molecular flexibility index (Phi) is 5.95. The van der Waals surface area contributed by atoms with E-state index in [1.807, 2.05) is 66.9 Å². The number of aromatic nitrogens is 2. The topological polar surface area (TPSA) is 89.3 Å². The zero-order chi connectivity index (χ0) is 20.8. The highest BCUT2D eigenvalue weighted by atomic mass is 32.2. The number of carbonyl (C=O) groups excluding carboxylic acids is 1. The Morgan fingerprint density at radius 2 is 1.70 bits per heavy atom. The Balaban J connectivity index is 1.75. The summed E-state index contributed by atoms with van der Waals surface area (Å²) in [6, 6.07) is 22.2. The fourth-order valence-electron chi connectivity index (χ4n) is 2.73. The number of anilines is 1. The van der Waals surface area contributed by atoms with Crippen molar-refractivity contribution >= 4 is 23.5 Å². The maximum absolute atomic E-state index is 12.3. The van der Waals surface area contributed by atoms with Crippen LogP contribution in [0.5, 0.6) is 11.6 Å². The number of nitrogens with one attached hydrogen (secondary N) is 2. The van der Waals surface area contributed by atoms with Gasteiger partial charge in [0.05, 0.1) is 11.8 Å². The Labute approximate surface area is 177 Å². The summed E-state index contributed by atoms with van der Waals surface area (Å²) >= 11 is 1.37. The number of hydrogen-bond acceptors (Lipinski definition) is 7. The van der Waals surface area contributed by atoms with Crippen molar-refractivity contribution in [2.24, 2.45) is 0 Å². The lowest BCUT2D eigenvalue weighted by molar-refractivity contribution is 0.0935. The Morgan fingerprint density at radius 1 is 0.967 bits per heavy atom. The number of ether oxygens (including phenoxy) is 1. The van der Waals surface area contributed by atoms with Crippen LogP contribution >= 0.6 is 11.8 Å². The molecule has 0 atom stereocenters. The van der Waals surface area contributed by atoms with Crippen LogP contribution in [0, 0.1) is 0 Å². The van der Waals surface area contributed by atoms with Crippen LogP contribution in [0.4, 0.5) is 5.82 Å². The number of hydrazine groups is 1. The number of rotatable bonds is 7. The standard InChI is InChI=1S/C22H18N4O3S/c1-30-22-23-19(25-26-20(27)17-13-8-14-28-17)18(15-9-4-2-5-10-15)21(24-22)29-16-11-6-3-7-12-16/h2-14H,1H3,(H,26,27)(H,23,24,25). The van der Waals surface area contributed by atoms with Gasteiger partial charge in [0.2, 0.25) is 5.88 Å². The average molecular weight is 418 g/mol. The summed E-state index contributed by atoms with van der Waals surface area (Å²) in [5.74, 6) is 1.19. The van der Waals surface area contributed by atoms with Gasteiger partial charge in [0.1, 0.15) is 5.75 Å². The third kappa shape index (κ3) is 4.44. The molecule has 0 aliphatic heterocycles. The number of benzene rings is 2. The van der Waals surface area contributed by atoms with Gasteiger partial charge in [-0.25, -0.2) is 4.98 Å². The van der Waals surface area contributed by atoms with Crippen molar-refractivity contribution in [3.63, 3.8) is 0 Å². The molecule has 4 aromatic rings. The van der Waals surface area contributed by atoms with Gasteiger partial charge in [0, 0.05) is 0 Å². The van der Waals surface area contributed by atoms with Gasteiger partial charge in [-0.3, -0.25) is 15.6 Å². The lowest BCUT2D eigenvalue weighted by atomic mass is 10.1. The minimum absolute atomic E-state index is 0.184. The summed E-state index contributed by atoms with van der Waals surface area (Å²) in [6.45, 7) is 0. The maximum atomic E-state index is 12.3. The lowest BCUT2D eigenvalue weighted by Gasteiger charge is -2.16. The van der Waals surface area contributed by atoms with Crippen molar-refractivity contribution in [2.75, 3.05) is 11.7 Å². The van der Waals surface area contributed by atoms with Crippen molar-refractivity contribution in [3.8, 4) is 22.8 Å². The average Bonchev–Trinajstić information content (AvgIpc) is 3.33. The fourth-order valence-corrected chi connectivity index (χ4v) is 3.08. The van der Waals surface area contributed by atoms with E-state index in [9.17, 15) is 4.79 Å². The van der Waals surface area contributed by atoms with Gasteiger partial charge in [0.25, 0.3) is 0 Å². The van der Waals surface area contributed by atoms with E-state index in [1.54, 1.807) is 12.1 Å². The second-order valence-electron chi connectivity index (χ2n) is 6.08. The molecule has 4 rings (SSSR count). The molecule has 0 radical (unpaired) electrons. The third-order valence-corrected chi connectivity index (χ3v) is 4.65. The van der Waals surface area contributed by atoms with E-state index in [2.05, 4.69) is 20.8 Å². The molecule has 0 aliphatic carbocycles. The first-order valence-corrected chi connectivity index (χ1v) is 10.3. The van der Waals surface area contributed by atoms with Crippen molar-refractivity contribution in [2.45, 2.75) is 5.16 Å². The SMILES string of the molecule is CSc1nc(NNC(=O)c2ccco2)c(-c2ccccc2)c(Oc2ccccc2)n1. The lowest BCUT2D eigenvalue weighted by Crippen LogP contribution is -2.30. The molecule has 30 heavy (non-hydrogen) atoms. The molecule has 2 aromatic heterocycles. The number of nitrogens with zero attached hydrogens (tertiary/aromatic N) is 2. The van der Waals surface area contributed by atoms with Crippen LogP contribution < -0.4 is 15.6 Å². The molecule has 150 valence electrons. The first kappa shape index (κ1) is 19.5. The molecule has 0 fully saturated rings. The molecule has 7 nitrogen and oxygen atoms in total. The summed E-state index contributed by atoms with van der Waals surface area (Å²) < 4.78 is 11.2. The number of para-hydroxylation sites is 1. The first-order valence-electron chi connectivity index (χ1n) is 9.09. The van der Waals surface area contributed by atoms with Gasteiger partial charge >= 0.3 is 5.91 Å². The molecule has 0 bridgehead atoms. The van der Waals surface area contributed by atoms with E-state index in [4.69, 9.17) is 9.15 Å². The largest absolute Gasteiger partial charge is 0.459 e. The summed E-state index contributed by atoms with van der Waals surface area (Å²) in [7, 11) is 0. The molecule has 2 N–H and O–H groups in total. The molecule has 0 aliphatic rings. The van der Waals surface area contributed by atoms with Crippen LogP contribution in [0.25, 0.3) is 11.1 Å². The monoisotopic (exact) mass is 418 g/mol.